The van der Waals surface area contributed by atoms with Crippen LogP contribution in [0.1, 0.15) is 5.56 Å². The molecule has 1 heterocycles. The molecule has 0 amide bonds. The second-order valence-electron chi connectivity index (χ2n) is 2.61. The van der Waals surface area contributed by atoms with Gasteiger partial charge in [0.05, 0.1) is 28.6 Å². The Bertz CT molecular complexity index is 273. The smallest absolute Gasteiger partial charge is 0.150 e. The first-order valence-electron chi connectivity index (χ1n) is 3.69. The largest absolute Gasteiger partial charge is 0.371 e. The Hall–Kier alpha value is -0.520. The molecule has 3 nitrogen and oxygen atoms in total. The van der Waals surface area contributed by atoms with Crippen LogP contribution in [0.2, 0.25) is 0 Å². The molecule has 66 valence electrons. The highest BCUT2D eigenvalue weighted by Crippen LogP contribution is 2.25. The first kappa shape index (κ1) is 9.57. The van der Waals surface area contributed by atoms with Crippen molar-refractivity contribution in [3.05, 3.63) is 17.8 Å². The molecule has 0 atom stereocenters. The van der Waals surface area contributed by atoms with Crippen molar-refractivity contribution in [2.45, 2.75) is 6.92 Å². The minimum absolute atomic E-state index is 0.914. The summed E-state index contributed by atoms with van der Waals surface area (Å²) in [4.78, 5) is 4.26. The van der Waals surface area contributed by atoms with Gasteiger partial charge in [-0.25, -0.2) is 4.98 Å². The van der Waals surface area contributed by atoms with Crippen molar-refractivity contribution in [1.82, 2.24) is 4.98 Å². The van der Waals surface area contributed by atoms with Crippen LogP contribution in [0.5, 0.6) is 0 Å². The summed E-state index contributed by atoms with van der Waals surface area (Å²) in [5, 5.41) is 3.05. The molecular formula is C8H12IN3. The number of hydrogen-bond acceptors (Lipinski definition) is 3. The van der Waals surface area contributed by atoms with E-state index in [2.05, 4.69) is 39.2 Å². The molecule has 0 saturated carbocycles. The molecule has 4 heteroatoms. The monoisotopic (exact) mass is 277 g/mol. The van der Waals surface area contributed by atoms with Crippen molar-refractivity contribution in [3.8, 4) is 0 Å². The number of anilines is 2. The number of halogens is 1. The van der Waals surface area contributed by atoms with Gasteiger partial charge in [-0.1, -0.05) is 0 Å². The van der Waals surface area contributed by atoms with Crippen molar-refractivity contribution in [2.24, 2.45) is 0 Å². The van der Waals surface area contributed by atoms with Crippen LogP contribution in [0.15, 0.2) is 12.3 Å². The molecular weight excluding hydrogens is 265 g/mol. The number of aryl methyl sites for hydroxylation is 1. The third-order valence-electron chi connectivity index (χ3n) is 1.57. The fraction of sp³-hybridized carbons (Fsp3) is 0.375. The molecule has 1 aromatic heterocycles. The summed E-state index contributed by atoms with van der Waals surface area (Å²) in [6.07, 6.45) is 1.86. The van der Waals surface area contributed by atoms with E-state index >= 15 is 0 Å². The van der Waals surface area contributed by atoms with Crippen LogP contribution in [0.3, 0.4) is 0 Å². The van der Waals surface area contributed by atoms with Crippen LogP contribution in [0.4, 0.5) is 11.5 Å². The Morgan fingerprint density at radius 2 is 2.25 bits per heavy atom. The second-order valence-corrected chi connectivity index (χ2v) is 4.05. The quantitative estimate of drug-likeness (QED) is 0.663. The van der Waals surface area contributed by atoms with Gasteiger partial charge in [-0.2, -0.15) is 0 Å². The maximum Gasteiger partial charge on any atom is 0.150 e. The molecule has 0 aromatic carbocycles. The second kappa shape index (κ2) is 3.93. The highest BCUT2D eigenvalue weighted by Gasteiger charge is 2.04. The lowest BCUT2D eigenvalue weighted by Gasteiger charge is -2.14. The van der Waals surface area contributed by atoms with Gasteiger partial charge < -0.3 is 8.43 Å². The van der Waals surface area contributed by atoms with E-state index in [0.29, 0.717) is 0 Å². The standard InChI is InChI=1S/C8H12IN3/c1-6-4-7(12(3)9)8(10-2)11-5-6/h4-5H,1-3H3,(H,10,11). The Balaban J connectivity index is 3.12. The van der Waals surface area contributed by atoms with E-state index in [1.165, 1.54) is 5.56 Å². The molecule has 0 fully saturated rings. The molecule has 0 radical (unpaired) electrons. The van der Waals surface area contributed by atoms with Crippen LogP contribution >= 0.6 is 22.9 Å². The SMILES string of the molecule is CNc1ncc(C)cc1N(C)I. The lowest BCUT2D eigenvalue weighted by molar-refractivity contribution is 1.22. The minimum Gasteiger partial charge on any atom is -0.371 e. The summed E-state index contributed by atoms with van der Waals surface area (Å²) >= 11 is 2.23. The molecule has 0 bridgehead atoms. The van der Waals surface area contributed by atoms with Crippen LogP contribution in [-0.4, -0.2) is 19.1 Å². The average Bonchev–Trinajstić information content (AvgIpc) is 2.04. The predicted octanol–water partition coefficient (Wildman–Crippen LogP) is 2.22. The van der Waals surface area contributed by atoms with E-state index in [1.54, 1.807) is 0 Å². The lowest BCUT2D eigenvalue weighted by Crippen LogP contribution is -2.05. The summed E-state index contributed by atoms with van der Waals surface area (Å²) < 4.78 is 2.02. The third kappa shape index (κ3) is 2.00. The van der Waals surface area contributed by atoms with Gasteiger partial charge in [0, 0.05) is 20.3 Å². The van der Waals surface area contributed by atoms with E-state index in [9.17, 15) is 0 Å². The van der Waals surface area contributed by atoms with E-state index < -0.39 is 0 Å². The average molecular weight is 277 g/mol. The van der Waals surface area contributed by atoms with Gasteiger partial charge in [-0.3, -0.25) is 0 Å². The molecule has 1 rings (SSSR count). The number of nitrogens with zero attached hydrogens (tertiary/aromatic N) is 2. The Morgan fingerprint density at radius 1 is 1.58 bits per heavy atom. The fourth-order valence-electron chi connectivity index (χ4n) is 0.981. The number of rotatable bonds is 2. The molecule has 0 aliphatic heterocycles. The molecule has 0 saturated heterocycles. The number of nitrogens with one attached hydrogen (secondary N) is 1. The van der Waals surface area contributed by atoms with Crippen molar-refractivity contribution < 1.29 is 0 Å². The maximum atomic E-state index is 4.26. The normalized spacial score (nSPS) is 9.67. The molecule has 0 spiro atoms. The minimum atomic E-state index is 0.914. The fourth-order valence-corrected chi connectivity index (χ4v) is 1.35. The zero-order valence-electron chi connectivity index (χ0n) is 7.43. The summed E-state index contributed by atoms with van der Waals surface area (Å²) in [5.41, 5.74) is 2.28. The molecule has 0 aliphatic carbocycles. The number of hydrogen-bond donors (Lipinski definition) is 1. The maximum absolute atomic E-state index is 4.26. The van der Waals surface area contributed by atoms with E-state index in [4.69, 9.17) is 0 Å². The molecule has 1 aromatic rings. The van der Waals surface area contributed by atoms with Crippen molar-refractivity contribution >= 4 is 34.4 Å². The lowest BCUT2D eigenvalue weighted by atomic mass is 10.3. The first-order chi connectivity index (χ1) is 5.65. The van der Waals surface area contributed by atoms with E-state index in [0.717, 1.165) is 11.5 Å². The topological polar surface area (TPSA) is 28.2 Å². The highest BCUT2D eigenvalue weighted by molar-refractivity contribution is 14.1. The molecule has 1 N–H and O–H groups in total. The van der Waals surface area contributed by atoms with Gasteiger partial charge in [-0.05, 0) is 18.6 Å². The zero-order chi connectivity index (χ0) is 9.14. The van der Waals surface area contributed by atoms with Gasteiger partial charge in [-0.15, -0.1) is 0 Å². The summed E-state index contributed by atoms with van der Waals surface area (Å²) in [6.45, 7) is 2.04. The summed E-state index contributed by atoms with van der Waals surface area (Å²) in [7, 11) is 3.87. The first-order valence-corrected chi connectivity index (χ1v) is 4.65. The summed E-state index contributed by atoms with van der Waals surface area (Å²) in [6, 6.07) is 2.10. The van der Waals surface area contributed by atoms with Crippen molar-refractivity contribution in [1.29, 1.82) is 0 Å². The predicted molar refractivity (Wildman–Crippen MR) is 60.9 cm³/mol. The Morgan fingerprint density at radius 3 is 2.75 bits per heavy atom. The third-order valence-corrected chi connectivity index (χ3v) is 2.09. The van der Waals surface area contributed by atoms with Crippen molar-refractivity contribution in [2.75, 3.05) is 22.5 Å². The Kier molecular flexibility index (Phi) is 3.13. The van der Waals surface area contributed by atoms with Gasteiger partial charge in [0.1, 0.15) is 5.82 Å². The van der Waals surface area contributed by atoms with Crippen LogP contribution in [-0.2, 0) is 0 Å². The highest BCUT2D eigenvalue weighted by atomic mass is 127. The van der Waals surface area contributed by atoms with Gasteiger partial charge in [0.2, 0.25) is 0 Å². The molecule has 0 aliphatic rings. The van der Waals surface area contributed by atoms with Crippen LogP contribution in [0.25, 0.3) is 0 Å². The Labute approximate surface area is 86.7 Å². The zero-order valence-corrected chi connectivity index (χ0v) is 9.58. The van der Waals surface area contributed by atoms with Crippen LogP contribution in [0, 0.1) is 6.92 Å². The van der Waals surface area contributed by atoms with Gasteiger partial charge in [0.25, 0.3) is 0 Å². The number of aromatic nitrogens is 1. The van der Waals surface area contributed by atoms with Gasteiger partial charge >= 0.3 is 0 Å². The van der Waals surface area contributed by atoms with E-state index in [1.807, 2.05) is 30.3 Å². The van der Waals surface area contributed by atoms with Crippen molar-refractivity contribution in [3.63, 3.8) is 0 Å². The number of pyridine rings is 1. The molecule has 0 unspecified atom stereocenters. The van der Waals surface area contributed by atoms with Gasteiger partial charge in [0.15, 0.2) is 0 Å². The van der Waals surface area contributed by atoms with E-state index in [-0.39, 0.29) is 0 Å². The molecule has 12 heavy (non-hydrogen) atoms. The van der Waals surface area contributed by atoms with Crippen LogP contribution < -0.4 is 8.43 Å². The summed E-state index contributed by atoms with van der Waals surface area (Å²) in [5.74, 6) is 0.914.